The van der Waals surface area contributed by atoms with Crippen molar-refractivity contribution in [1.29, 1.82) is 5.26 Å². The van der Waals surface area contributed by atoms with Crippen LogP contribution in [0, 0.1) is 11.3 Å². The highest BCUT2D eigenvalue weighted by molar-refractivity contribution is 6.09. The molecule has 0 bridgehead atoms. The number of hydrogen-bond acceptors (Lipinski definition) is 3. The number of nitriles is 1. The van der Waals surface area contributed by atoms with E-state index in [1.165, 1.54) is 0 Å². The van der Waals surface area contributed by atoms with Gasteiger partial charge >= 0.3 is 0 Å². The highest BCUT2D eigenvalue weighted by Gasteiger charge is 2.35. The second-order valence-electron chi connectivity index (χ2n) is 8.19. The Balaban J connectivity index is 1.55. The summed E-state index contributed by atoms with van der Waals surface area (Å²) in [6.07, 6.45) is 0. The molecule has 5 rings (SSSR count). The second-order valence-corrected chi connectivity index (χ2v) is 8.19. The number of fused-ring (bicyclic) bond motifs is 1. The zero-order valence-corrected chi connectivity index (χ0v) is 18.5. The third-order valence-electron chi connectivity index (χ3n) is 6.07. The van der Waals surface area contributed by atoms with Gasteiger partial charge in [-0.3, -0.25) is 4.79 Å². The summed E-state index contributed by atoms with van der Waals surface area (Å²) in [4.78, 5) is 12.8. The maximum atomic E-state index is 12.8. The van der Waals surface area contributed by atoms with E-state index in [9.17, 15) is 10.1 Å². The van der Waals surface area contributed by atoms with Gasteiger partial charge in [0.1, 0.15) is 6.07 Å². The smallest absolute Gasteiger partial charge is 0.193 e. The van der Waals surface area contributed by atoms with Crippen molar-refractivity contribution < 1.29 is 4.79 Å². The number of rotatable bonds is 6. The van der Waals surface area contributed by atoms with E-state index < -0.39 is 5.54 Å². The van der Waals surface area contributed by atoms with E-state index in [1.54, 1.807) is 12.1 Å². The fourth-order valence-corrected chi connectivity index (χ4v) is 4.26. The number of carbonyl (C=O) groups excluding carboxylic acids is 1. The third-order valence-corrected chi connectivity index (χ3v) is 6.07. The number of benzene rings is 5. The van der Waals surface area contributed by atoms with Crippen LogP contribution in [0.4, 0.5) is 5.69 Å². The first-order chi connectivity index (χ1) is 16.7. The van der Waals surface area contributed by atoms with Crippen molar-refractivity contribution in [2.24, 2.45) is 0 Å². The van der Waals surface area contributed by atoms with Crippen molar-refractivity contribution in [3.63, 3.8) is 0 Å². The number of carbonyl (C=O) groups is 1. The monoisotopic (exact) mass is 438 g/mol. The number of ketones is 1. The molecule has 162 valence electrons. The van der Waals surface area contributed by atoms with Gasteiger partial charge in [0.15, 0.2) is 11.3 Å². The molecule has 0 amide bonds. The molecule has 3 heteroatoms. The minimum atomic E-state index is -1.10. The topological polar surface area (TPSA) is 52.9 Å². The largest absolute Gasteiger partial charge is 0.360 e. The minimum absolute atomic E-state index is 0.0312. The minimum Gasteiger partial charge on any atom is -0.360 e. The standard InChI is InChI=1S/C31H22N2O/c32-22-31(27-13-5-2-6-14-27,28-18-15-23-9-7-8-12-26(23)21-28)33-29-19-16-25(17-20-29)30(34)24-10-3-1-4-11-24/h1-21,33H. The molecule has 0 spiro atoms. The molecule has 0 saturated heterocycles. The molecular formula is C31H22N2O. The molecule has 0 aromatic heterocycles. The van der Waals surface area contributed by atoms with Gasteiger partial charge in [-0.05, 0) is 52.2 Å². The molecule has 1 unspecified atom stereocenters. The average molecular weight is 439 g/mol. The number of hydrogen-bond donors (Lipinski definition) is 1. The van der Waals surface area contributed by atoms with Crippen LogP contribution in [0.2, 0.25) is 0 Å². The summed E-state index contributed by atoms with van der Waals surface area (Å²) in [5, 5.41) is 16.2. The van der Waals surface area contributed by atoms with Gasteiger partial charge in [-0.2, -0.15) is 5.26 Å². The lowest BCUT2D eigenvalue weighted by Crippen LogP contribution is -2.35. The van der Waals surface area contributed by atoms with Crippen LogP contribution >= 0.6 is 0 Å². The van der Waals surface area contributed by atoms with Gasteiger partial charge in [0.25, 0.3) is 0 Å². The number of anilines is 1. The Bertz CT molecular complexity index is 1490. The van der Waals surface area contributed by atoms with E-state index in [0.29, 0.717) is 11.1 Å². The SMILES string of the molecule is N#CC(Nc1ccc(C(=O)c2ccccc2)cc1)(c1ccccc1)c1ccc2ccccc2c1. The van der Waals surface area contributed by atoms with Crippen molar-refractivity contribution in [3.05, 3.63) is 150 Å². The van der Waals surface area contributed by atoms with Crippen molar-refractivity contribution in [1.82, 2.24) is 0 Å². The molecule has 1 N–H and O–H groups in total. The summed E-state index contributed by atoms with van der Waals surface area (Å²) < 4.78 is 0. The average Bonchev–Trinajstić information content (AvgIpc) is 2.92. The molecule has 1 atom stereocenters. The van der Waals surface area contributed by atoms with Gasteiger partial charge in [-0.1, -0.05) is 97.1 Å². The maximum absolute atomic E-state index is 12.8. The first-order valence-corrected chi connectivity index (χ1v) is 11.1. The first kappa shape index (κ1) is 21.2. The van der Waals surface area contributed by atoms with Gasteiger partial charge in [0, 0.05) is 16.8 Å². The van der Waals surface area contributed by atoms with Gasteiger partial charge < -0.3 is 5.32 Å². The fraction of sp³-hybridized carbons (Fsp3) is 0.0323. The Labute approximate surface area is 198 Å². The van der Waals surface area contributed by atoms with Crippen molar-refractivity contribution in [2.45, 2.75) is 5.54 Å². The summed E-state index contributed by atoms with van der Waals surface area (Å²) >= 11 is 0. The summed E-state index contributed by atoms with van der Waals surface area (Å²) in [6, 6.07) is 43.0. The van der Waals surface area contributed by atoms with Crippen LogP contribution in [0.3, 0.4) is 0 Å². The summed E-state index contributed by atoms with van der Waals surface area (Å²) in [6.45, 7) is 0. The molecule has 0 fully saturated rings. The Morgan fingerprint density at radius 2 is 1.21 bits per heavy atom. The van der Waals surface area contributed by atoms with E-state index in [4.69, 9.17) is 0 Å². The van der Waals surface area contributed by atoms with Gasteiger partial charge in [-0.15, -0.1) is 0 Å². The fourth-order valence-electron chi connectivity index (χ4n) is 4.26. The quantitative estimate of drug-likeness (QED) is 0.292. The number of nitrogens with one attached hydrogen (secondary N) is 1. The van der Waals surface area contributed by atoms with Crippen molar-refractivity contribution in [2.75, 3.05) is 5.32 Å². The van der Waals surface area contributed by atoms with E-state index >= 15 is 0 Å². The maximum Gasteiger partial charge on any atom is 0.193 e. The lowest BCUT2D eigenvalue weighted by molar-refractivity contribution is 0.103. The summed E-state index contributed by atoms with van der Waals surface area (Å²) in [5.41, 5.74) is 2.60. The Hall–Kier alpha value is -4.68. The van der Waals surface area contributed by atoms with Crippen LogP contribution in [-0.2, 0) is 5.54 Å². The van der Waals surface area contributed by atoms with Gasteiger partial charge in [0.05, 0.1) is 0 Å². The van der Waals surface area contributed by atoms with Crippen LogP contribution in [0.5, 0.6) is 0 Å². The van der Waals surface area contributed by atoms with E-state index in [0.717, 1.165) is 27.6 Å². The molecule has 3 nitrogen and oxygen atoms in total. The van der Waals surface area contributed by atoms with Crippen molar-refractivity contribution in [3.8, 4) is 6.07 Å². The van der Waals surface area contributed by atoms with E-state index in [2.05, 4.69) is 29.6 Å². The Morgan fingerprint density at radius 1 is 0.618 bits per heavy atom. The normalized spacial score (nSPS) is 12.4. The number of nitrogens with zero attached hydrogens (tertiary/aromatic N) is 1. The van der Waals surface area contributed by atoms with Crippen LogP contribution in [0.1, 0.15) is 27.0 Å². The Kier molecular flexibility index (Phi) is 5.64. The van der Waals surface area contributed by atoms with E-state index in [-0.39, 0.29) is 5.78 Å². The lowest BCUT2D eigenvalue weighted by Gasteiger charge is -2.30. The highest BCUT2D eigenvalue weighted by atomic mass is 16.1. The molecule has 5 aromatic rings. The molecule has 0 saturated carbocycles. The molecule has 0 heterocycles. The first-order valence-electron chi connectivity index (χ1n) is 11.1. The van der Waals surface area contributed by atoms with Gasteiger partial charge in [-0.25, -0.2) is 0 Å². The lowest BCUT2D eigenvalue weighted by atomic mass is 9.82. The third kappa shape index (κ3) is 3.94. The zero-order chi connectivity index (χ0) is 23.4. The van der Waals surface area contributed by atoms with Crippen LogP contribution in [0.15, 0.2) is 127 Å². The molecular weight excluding hydrogens is 416 g/mol. The van der Waals surface area contributed by atoms with Gasteiger partial charge in [0.2, 0.25) is 0 Å². The highest BCUT2D eigenvalue weighted by Crippen LogP contribution is 2.35. The molecule has 0 radical (unpaired) electrons. The van der Waals surface area contributed by atoms with E-state index in [1.807, 2.05) is 97.1 Å². The molecule has 0 aliphatic carbocycles. The molecule has 34 heavy (non-hydrogen) atoms. The second kappa shape index (κ2) is 9.05. The summed E-state index contributed by atoms with van der Waals surface area (Å²) in [7, 11) is 0. The molecule has 0 aliphatic heterocycles. The predicted octanol–water partition coefficient (Wildman–Crippen LogP) is 6.95. The molecule has 0 aliphatic rings. The predicted molar refractivity (Wildman–Crippen MR) is 137 cm³/mol. The Morgan fingerprint density at radius 3 is 1.88 bits per heavy atom. The van der Waals surface area contributed by atoms with Crippen LogP contribution in [-0.4, -0.2) is 5.78 Å². The van der Waals surface area contributed by atoms with Crippen LogP contribution in [0.25, 0.3) is 10.8 Å². The van der Waals surface area contributed by atoms with Crippen molar-refractivity contribution >= 4 is 22.2 Å². The molecule has 5 aromatic carbocycles. The zero-order valence-electron chi connectivity index (χ0n) is 18.5. The van der Waals surface area contributed by atoms with Crippen LogP contribution < -0.4 is 5.32 Å². The summed E-state index contributed by atoms with van der Waals surface area (Å²) in [5.74, 6) is -0.0312.